The van der Waals surface area contributed by atoms with Crippen molar-refractivity contribution in [3.8, 4) is 0 Å². The molecule has 0 bridgehead atoms. The van der Waals surface area contributed by atoms with E-state index >= 15 is 0 Å². The SMILES string of the molecule is CCNC(c1ccc(F)cc1Cl)c1c(Cl)cnn1C. The lowest BCUT2D eigenvalue weighted by Crippen LogP contribution is -2.25. The normalized spacial score (nSPS) is 12.7. The van der Waals surface area contributed by atoms with Gasteiger partial charge in [-0.15, -0.1) is 0 Å². The lowest BCUT2D eigenvalue weighted by Gasteiger charge is -2.20. The fourth-order valence-electron chi connectivity index (χ4n) is 2.04. The lowest BCUT2D eigenvalue weighted by atomic mass is 10.0. The second kappa shape index (κ2) is 5.90. The first kappa shape index (κ1) is 14.3. The molecule has 0 aliphatic rings. The van der Waals surface area contributed by atoms with E-state index in [9.17, 15) is 4.39 Å². The van der Waals surface area contributed by atoms with Gasteiger partial charge in [-0.1, -0.05) is 36.2 Å². The molecule has 102 valence electrons. The maximum absolute atomic E-state index is 13.1. The summed E-state index contributed by atoms with van der Waals surface area (Å²) in [5.74, 6) is -0.361. The third-order valence-electron chi connectivity index (χ3n) is 2.89. The van der Waals surface area contributed by atoms with Crippen molar-refractivity contribution in [2.24, 2.45) is 7.05 Å². The van der Waals surface area contributed by atoms with E-state index in [1.165, 1.54) is 12.1 Å². The summed E-state index contributed by atoms with van der Waals surface area (Å²) in [7, 11) is 1.81. The van der Waals surface area contributed by atoms with E-state index in [0.29, 0.717) is 10.0 Å². The van der Waals surface area contributed by atoms with Gasteiger partial charge in [0.15, 0.2) is 0 Å². The van der Waals surface area contributed by atoms with E-state index in [2.05, 4.69) is 10.4 Å². The molecule has 0 fully saturated rings. The minimum Gasteiger partial charge on any atom is -0.305 e. The molecule has 1 N–H and O–H groups in total. The van der Waals surface area contributed by atoms with Crippen LogP contribution in [0, 0.1) is 5.82 Å². The van der Waals surface area contributed by atoms with Crippen molar-refractivity contribution in [3.63, 3.8) is 0 Å². The summed E-state index contributed by atoms with van der Waals surface area (Å²) in [6, 6.07) is 4.12. The molecule has 0 radical (unpaired) electrons. The fourth-order valence-corrected chi connectivity index (χ4v) is 2.59. The lowest BCUT2D eigenvalue weighted by molar-refractivity contribution is 0.570. The summed E-state index contributed by atoms with van der Waals surface area (Å²) < 4.78 is 14.8. The van der Waals surface area contributed by atoms with Crippen LogP contribution >= 0.6 is 23.2 Å². The van der Waals surface area contributed by atoms with Gasteiger partial charge in [-0.3, -0.25) is 4.68 Å². The van der Waals surface area contributed by atoms with Crippen molar-refractivity contribution < 1.29 is 4.39 Å². The molecular weight excluding hydrogens is 288 g/mol. The monoisotopic (exact) mass is 301 g/mol. The summed E-state index contributed by atoms with van der Waals surface area (Å²) in [5, 5.41) is 8.32. The maximum atomic E-state index is 13.1. The number of nitrogens with zero attached hydrogens (tertiary/aromatic N) is 2. The number of benzene rings is 1. The molecule has 6 heteroatoms. The zero-order chi connectivity index (χ0) is 14.0. The quantitative estimate of drug-likeness (QED) is 0.936. The molecule has 19 heavy (non-hydrogen) atoms. The molecule has 2 aromatic rings. The standard InChI is InChI=1S/C13H14Cl2FN3/c1-3-17-12(13-11(15)7-18-19(13)2)9-5-4-8(16)6-10(9)14/h4-7,12,17H,3H2,1-2H3. The van der Waals surface area contributed by atoms with Crippen molar-refractivity contribution in [2.45, 2.75) is 13.0 Å². The fraction of sp³-hybridized carbons (Fsp3) is 0.308. The Morgan fingerprint density at radius 2 is 2.11 bits per heavy atom. The molecule has 1 heterocycles. The van der Waals surface area contributed by atoms with E-state index in [4.69, 9.17) is 23.2 Å². The molecule has 2 rings (SSSR count). The zero-order valence-electron chi connectivity index (χ0n) is 10.6. The highest BCUT2D eigenvalue weighted by molar-refractivity contribution is 6.32. The second-order valence-electron chi connectivity index (χ2n) is 4.16. The third kappa shape index (κ3) is 2.91. The molecule has 0 aliphatic heterocycles. The molecule has 1 aromatic carbocycles. The van der Waals surface area contributed by atoms with Gasteiger partial charge in [0, 0.05) is 12.1 Å². The topological polar surface area (TPSA) is 29.9 Å². The van der Waals surface area contributed by atoms with Gasteiger partial charge in [-0.25, -0.2) is 4.39 Å². The Hall–Kier alpha value is -1.10. The highest BCUT2D eigenvalue weighted by atomic mass is 35.5. The van der Waals surface area contributed by atoms with Crippen molar-refractivity contribution in [1.82, 2.24) is 15.1 Å². The second-order valence-corrected chi connectivity index (χ2v) is 4.97. The first-order valence-corrected chi connectivity index (χ1v) is 6.66. The van der Waals surface area contributed by atoms with E-state index < -0.39 is 0 Å². The molecule has 1 aromatic heterocycles. The van der Waals surface area contributed by atoms with Gasteiger partial charge in [0.25, 0.3) is 0 Å². The van der Waals surface area contributed by atoms with Crippen LogP contribution in [0.2, 0.25) is 10.0 Å². The van der Waals surface area contributed by atoms with E-state index in [1.807, 2.05) is 14.0 Å². The first-order valence-electron chi connectivity index (χ1n) is 5.90. The Balaban J connectivity index is 2.51. The van der Waals surface area contributed by atoms with Crippen molar-refractivity contribution in [2.75, 3.05) is 6.54 Å². The summed E-state index contributed by atoms with van der Waals surface area (Å²) in [4.78, 5) is 0. The summed E-state index contributed by atoms with van der Waals surface area (Å²) in [6.45, 7) is 2.70. The summed E-state index contributed by atoms with van der Waals surface area (Å²) in [6.07, 6.45) is 1.58. The number of hydrogen-bond acceptors (Lipinski definition) is 2. The van der Waals surface area contributed by atoms with Crippen LogP contribution in [-0.4, -0.2) is 16.3 Å². The number of aryl methyl sites for hydroxylation is 1. The Labute approximate surface area is 121 Å². The highest BCUT2D eigenvalue weighted by Crippen LogP contribution is 2.32. The summed E-state index contributed by atoms with van der Waals surface area (Å²) in [5.41, 5.74) is 1.58. The third-order valence-corrected chi connectivity index (χ3v) is 3.51. The Kier molecular flexibility index (Phi) is 4.45. The summed E-state index contributed by atoms with van der Waals surface area (Å²) >= 11 is 12.3. The van der Waals surface area contributed by atoms with E-state index in [1.54, 1.807) is 16.9 Å². The smallest absolute Gasteiger partial charge is 0.124 e. The number of rotatable bonds is 4. The van der Waals surface area contributed by atoms with E-state index in [-0.39, 0.29) is 11.9 Å². The van der Waals surface area contributed by atoms with Crippen LogP contribution in [0.3, 0.4) is 0 Å². The molecule has 0 spiro atoms. The van der Waals surface area contributed by atoms with Gasteiger partial charge in [-0.05, 0) is 24.2 Å². The van der Waals surface area contributed by atoms with Crippen LogP contribution in [0.25, 0.3) is 0 Å². The van der Waals surface area contributed by atoms with Crippen molar-refractivity contribution >= 4 is 23.2 Å². The molecule has 0 aliphatic carbocycles. The van der Waals surface area contributed by atoms with Crippen LogP contribution in [0.15, 0.2) is 24.4 Å². The van der Waals surface area contributed by atoms with Crippen molar-refractivity contribution in [3.05, 3.63) is 51.5 Å². The minimum absolute atomic E-state index is 0.224. The van der Waals surface area contributed by atoms with Crippen LogP contribution in [0.4, 0.5) is 4.39 Å². The Bertz CT molecular complexity index is 564. The predicted octanol–water partition coefficient (Wildman–Crippen LogP) is 3.56. The van der Waals surface area contributed by atoms with Crippen LogP contribution < -0.4 is 5.32 Å². The Morgan fingerprint density at radius 3 is 2.63 bits per heavy atom. The molecule has 3 nitrogen and oxygen atoms in total. The molecule has 1 unspecified atom stereocenters. The zero-order valence-corrected chi connectivity index (χ0v) is 12.1. The number of nitrogens with one attached hydrogen (secondary N) is 1. The van der Waals surface area contributed by atoms with Gasteiger partial charge in [0.2, 0.25) is 0 Å². The minimum atomic E-state index is -0.361. The van der Waals surface area contributed by atoms with Crippen LogP contribution in [0.5, 0.6) is 0 Å². The van der Waals surface area contributed by atoms with Gasteiger partial charge in [0.05, 0.1) is 23.0 Å². The largest absolute Gasteiger partial charge is 0.305 e. The average Bonchev–Trinajstić information content (AvgIpc) is 2.67. The Morgan fingerprint density at radius 1 is 1.37 bits per heavy atom. The van der Waals surface area contributed by atoms with Gasteiger partial charge in [0.1, 0.15) is 5.82 Å². The first-order chi connectivity index (χ1) is 9.04. The van der Waals surface area contributed by atoms with Crippen LogP contribution in [0.1, 0.15) is 24.2 Å². The predicted molar refractivity (Wildman–Crippen MR) is 75.1 cm³/mol. The number of hydrogen-bond donors (Lipinski definition) is 1. The number of halogens is 3. The molecular formula is C13H14Cl2FN3. The molecule has 0 amide bonds. The average molecular weight is 302 g/mol. The van der Waals surface area contributed by atoms with Gasteiger partial charge in [-0.2, -0.15) is 5.10 Å². The number of aromatic nitrogens is 2. The van der Waals surface area contributed by atoms with Crippen molar-refractivity contribution in [1.29, 1.82) is 0 Å². The highest BCUT2D eigenvalue weighted by Gasteiger charge is 2.22. The molecule has 1 atom stereocenters. The molecule has 0 saturated carbocycles. The van der Waals surface area contributed by atoms with Gasteiger partial charge < -0.3 is 5.32 Å². The van der Waals surface area contributed by atoms with E-state index in [0.717, 1.165) is 17.8 Å². The van der Waals surface area contributed by atoms with Crippen LogP contribution in [-0.2, 0) is 7.05 Å². The maximum Gasteiger partial charge on any atom is 0.124 e. The van der Waals surface area contributed by atoms with Gasteiger partial charge >= 0.3 is 0 Å². The molecule has 0 saturated heterocycles.